The minimum Gasteiger partial charge on any atom is -0.459 e. The van der Waals surface area contributed by atoms with Crippen molar-refractivity contribution in [2.24, 2.45) is 11.5 Å². The number of carbonyl (C=O) groups is 2. The Balaban J connectivity index is 2.41. The minimum absolute atomic E-state index is 0.0372. The first kappa shape index (κ1) is 18.1. The van der Waals surface area contributed by atoms with Gasteiger partial charge in [-0.1, -0.05) is 30.3 Å². The van der Waals surface area contributed by atoms with Gasteiger partial charge in [-0.15, -0.1) is 0 Å². The number of amides is 1. The van der Waals surface area contributed by atoms with E-state index in [0.29, 0.717) is 6.54 Å². The highest BCUT2D eigenvalue weighted by atomic mass is 16.6. The highest BCUT2D eigenvalue weighted by Gasteiger charge is 2.26. The van der Waals surface area contributed by atoms with E-state index in [1.807, 2.05) is 30.3 Å². The van der Waals surface area contributed by atoms with Crippen LogP contribution in [0.15, 0.2) is 30.3 Å². The molecule has 0 aliphatic heterocycles. The molecule has 0 saturated carbocycles. The van der Waals surface area contributed by atoms with Crippen LogP contribution in [-0.4, -0.2) is 29.6 Å². The Morgan fingerprint density at radius 1 is 1.14 bits per heavy atom. The lowest BCUT2D eigenvalue weighted by atomic mass is 10.1. The van der Waals surface area contributed by atoms with Gasteiger partial charge in [0.15, 0.2) is 0 Å². The summed E-state index contributed by atoms with van der Waals surface area (Å²) >= 11 is 0. The molecule has 0 radical (unpaired) electrons. The molecule has 1 rings (SSSR count). The normalized spacial score (nSPS) is 14.0. The van der Waals surface area contributed by atoms with Crippen LogP contribution >= 0.6 is 0 Å². The first-order valence-electron chi connectivity index (χ1n) is 7.24. The Kier molecular flexibility index (Phi) is 6.52. The van der Waals surface area contributed by atoms with Crippen molar-refractivity contribution in [1.82, 2.24) is 5.32 Å². The maximum absolute atomic E-state index is 11.9. The molecule has 6 heteroatoms. The predicted octanol–water partition coefficient (Wildman–Crippen LogP) is 0.689. The van der Waals surface area contributed by atoms with Gasteiger partial charge in [-0.3, -0.25) is 9.59 Å². The zero-order chi connectivity index (χ0) is 16.8. The van der Waals surface area contributed by atoms with Crippen LogP contribution in [0, 0.1) is 0 Å². The first-order valence-corrected chi connectivity index (χ1v) is 7.24. The highest BCUT2D eigenvalue weighted by molar-refractivity contribution is 5.83. The lowest BCUT2D eigenvalue weighted by Gasteiger charge is -2.23. The lowest BCUT2D eigenvalue weighted by molar-refractivity contribution is -0.156. The number of ether oxygens (including phenoxy) is 1. The molecule has 0 bridgehead atoms. The van der Waals surface area contributed by atoms with Gasteiger partial charge in [0.05, 0.1) is 6.04 Å². The molecule has 122 valence electrons. The third-order valence-corrected chi connectivity index (χ3v) is 2.86. The molecular formula is C16H25N3O3. The third kappa shape index (κ3) is 6.69. The molecule has 1 aromatic carbocycles. The minimum atomic E-state index is -0.920. The molecule has 0 aliphatic rings. The number of esters is 1. The van der Waals surface area contributed by atoms with Crippen LogP contribution in [0.3, 0.4) is 0 Å². The number of carbonyl (C=O) groups excluding carboxylic acids is 2. The van der Waals surface area contributed by atoms with Gasteiger partial charge < -0.3 is 21.5 Å². The molecule has 0 heterocycles. The zero-order valence-corrected chi connectivity index (χ0v) is 13.3. The van der Waals surface area contributed by atoms with Crippen molar-refractivity contribution in [1.29, 1.82) is 0 Å². The maximum Gasteiger partial charge on any atom is 0.323 e. The van der Waals surface area contributed by atoms with Crippen LogP contribution in [0.25, 0.3) is 0 Å². The van der Waals surface area contributed by atoms with Gasteiger partial charge in [0.25, 0.3) is 0 Å². The van der Waals surface area contributed by atoms with E-state index >= 15 is 0 Å². The number of rotatable bonds is 6. The van der Waals surface area contributed by atoms with Crippen LogP contribution < -0.4 is 16.8 Å². The molecule has 0 aromatic heterocycles. The van der Waals surface area contributed by atoms with Crippen molar-refractivity contribution >= 4 is 11.9 Å². The van der Waals surface area contributed by atoms with Crippen LogP contribution in [-0.2, 0) is 20.9 Å². The summed E-state index contributed by atoms with van der Waals surface area (Å²) in [5.41, 5.74) is 11.9. The van der Waals surface area contributed by atoms with Crippen molar-refractivity contribution in [3.8, 4) is 0 Å². The van der Waals surface area contributed by atoms with Crippen molar-refractivity contribution in [3.63, 3.8) is 0 Å². The average Bonchev–Trinajstić information content (AvgIpc) is 2.43. The smallest absolute Gasteiger partial charge is 0.323 e. The molecule has 5 N–H and O–H groups in total. The Labute approximate surface area is 131 Å². The monoisotopic (exact) mass is 307 g/mol. The van der Waals surface area contributed by atoms with Crippen molar-refractivity contribution in [2.45, 2.75) is 51.4 Å². The number of nitrogens with two attached hydrogens (primary N) is 2. The van der Waals surface area contributed by atoms with Gasteiger partial charge in [0, 0.05) is 6.54 Å². The van der Waals surface area contributed by atoms with Crippen LogP contribution in [0.2, 0.25) is 0 Å². The van der Waals surface area contributed by atoms with Gasteiger partial charge >= 0.3 is 5.97 Å². The highest BCUT2D eigenvalue weighted by Crippen LogP contribution is 2.09. The summed E-state index contributed by atoms with van der Waals surface area (Å²) in [5.74, 6) is -0.901. The summed E-state index contributed by atoms with van der Waals surface area (Å²) in [5, 5.41) is 2.72. The van der Waals surface area contributed by atoms with E-state index in [4.69, 9.17) is 16.2 Å². The van der Waals surface area contributed by atoms with Gasteiger partial charge in [-0.2, -0.15) is 0 Å². The fourth-order valence-corrected chi connectivity index (χ4v) is 1.77. The predicted molar refractivity (Wildman–Crippen MR) is 84.7 cm³/mol. The molecule has 0 fully saturated rings. The largest absolute Gasteiger partial charge is 0.459 e. The lowest BCUT2D eigenvalue weighted by Crippen LogP contribution is -2.47. The van der Waals surface area contributed by atoms with E-state index < -0.39 is 23.7 Å². The molecule has 1 amide bonds. The standard InChI is InChI=1S/C16H25N3O3/c1-16(2,3)22-15(21)13(18)9-12(17)14(20)19-10-11-7-5-4-6-8-11/h4-8,12-13H,9-10,17-18H2,1-3H3,(H,19,20). The fourth-order valence-electron chi connectivity index (χ4n) is 1.77. The molecule has 22 heavy (non-hydrogen) atoms. The molecule has 2 unspecified atom stereocenters. The van der Waals surface area contributed by atoms with E-state index in [1.54, 1.807) is 20.8 Å². The maximum atomic E-state index is 11.9. The van der Waals surface area contributed by atoms with E-state index in [2.05, 4.69) is 5.32 Å². The van der Waals surface area contributed by atoms with Gasteiger partial charge in [0.1, 0.15) is 11.6 Å². The van der Waals surface area contributed by atoms with Gasteiger partial charge in [-0.25, -0.2) is 0 Å². The van der Waals surface area contributed by atoms with E-state index in [-0.39, 0.29) is 12.3 Å². The molecule has 1 aromatic rings. The molecule has 6 nitrogen and oxygen atoms in total. The Bertz CT molecular complexity index is 497. The molecule has 2 atom stereocenters. The summed E-state index contributed by atoms with van der Waals surface area (Å²) in [7, 11) is 0. The first-order chi connectivity index (χ1) is 10.2. The summed E-state index contributed by atoms with van der Waals surface area (Å²) in [6.45, 7) is 5.65. The number of benzene rings is 1. The SMILES string of the molecule is CC(C)(C)OC(=O)C(N)CC(N)C(=O)NCc1ccccc1. The number of nitrogens with one attached hydrogen (secondary N) is 1. The second-order valence-corrected chi connectivity index (χ2v) is 6.19. The second-order valence-electron chi connectivity index (χ2n) is 6.19. The Morgan fingerprint density at radius 2 is 1.73 bits per heavy atom. The average molecular weight is 307 g/mol. The third-order valence-electron chi connectivity index (χ3n) is 2.86. The van der Waals surface area contributed by atoms with Crippen LogP contribution in [0.4, 0.5) is 0 Å². The van der Waals surface area contributed by atoms with E-state index in [9.17, 15) is 9.59 Å². The van der Waals surface area contributed by atoms with Crippen molar-refractivity contribution in [2.75, 3.05) is 0 Å². The Hall–Kier alpha value is -1.92. The van der Waals surface area contributed by atoms with Crippen molar-refractivity contribution < 1.29 is 14.3 Å². The summed E-state index contributed by atoms with van der Waals surface area (Å²) in [6.07, 6.45) is 0.0372. The van der Waals surface area contributed by atoms with E-state index in [0.717, 1.165) is 5.56 Å². The molecule has 0 aliphatic carbocycles. The number of hydrogen-bond acceptors (Lipinski definition) is 5. The summed E-state index contributed by atoms with van der Waals surface area (Å²) in [4.78, 5) is 23.7. The fraction of sp³-hybridized carbons (Fsp3) is 0.500. The van der Waals surface area contributed by atoms with Gasteiger partial charge in [0.2, 0.25) is 5.91 Å². The molecule has 0 spiro atoms. The van der Waals surface area contributed by atoms with E-state index in [1.165, 1.54) is 0 Å². The molecular weight excluding hydrogens is 282 g/mol. The topological polar surface area (TPSA) is 107 Å². The zero-order valence-electron chi connectivity index (χ0n) is 13.3. The molecule has 0 saturated heterocycles. The second kappa shape index (κ2) is 7.91. The quantitative estimate of drug-likeness (QED) is 0.670. The van der Waals surface area contributed by atoms with Crippen LogP contribution in [0.1, 0.15) is 32.8 Å². The van der Waals surface area contributed by atoms with Gasteiger partial charge in [-0.05, 0) is 32.8 Å². The summed E-state index contributed by atoms with van der Waals surface area (Å²) in [6, 6.07) is 7.70. The summed E-state index contributed by atoms with van der Waals surface area (Å²) < 4.78 is 5.16. The van der Waals surface area contributed by atoms with Crippen molar-refractivity contribution in [3.05, 3.63) is 35.9 Å². The van der Waals surface area contributed by atoms with Crippen LogP contribution in [0.5, 0.6) is 0 Å². The number of hydrogen-bond donors (Lipinski definition) is 3. The Morgan fingerprint density at radius 3 is 2.27 bits per heavy atom.